The van der Waals surface area contributed by atoms with Crippen molar-refractivity contribution in [2.24, 2.45) is 0 Å². The fourth-order valence-corrected chi connectivity index (χ4v) is 2.68. The number of methoxy groups -OCH3 is 1. The minimum absolute atomic E-state index is 0.177. The number of para-hydroxylation sites is 2. The highest BCUT2D eigenvalue weighted by molar-refractivity contribution is 6.04. The molecule has 5 heteroatoms. The average molecular weight is 391 g/mol. The number of benzene rings is 3. The van der Waals surface area contributed by atoms with Crippen LogP contribution in [-0.4, -0.2) is 19.6 Å². The van der Waals surface area contributed by atoms with Gasteiger partial charge < -0.3 is 19.5 Å². The molecule has 0 heterocycles. The third kappa shape index (κ3) is 5.75. The van der Waals surface area contributed by atoms with Gasteiger partial charge in [0.05, 0.1) is 13.7 Å². The minimum Gasteiger partial charge on any atom is -0.494 e. The van der Waals surface area contributed by atoms with E-state index in [1.54, 1.807) is 43.5 Å². The molecular weight excluding hydrogens is 366 g/mol. The molecular formula is C24H25NO4. The van der Waals surface area contributed by atoms with Gasteiger partial charge in [0.1, 0.15) is 11.5 Å². The average Bonchev–Trinajstić information content (AvgIpc) is 2.76. The van der Waals surface area contributed by atoms with Gasteiger partial charge in [0.25, 0.3) is 5.91 Å². The Hall–Kier alpha value is -3.47. The van der Waals surface area contributed by atoms with Crippen molar-refractivity contribution in [3.05, 3.63) is 78.4 Å². The van der Waals surface area contributed by atoms with Crippen molar-refractivity contribution in [3.63, 3.8) is 0 Å². The number of amides is 1. The molecule has 0 aromatic heterocycles. The summed E-state index contributed by atoms with van der Waals surface area (Å²) in [6, 6.07) is 21.8. The quantitative estimate of drug-likeness (QED) is 0.460. The fourth-order valence-electron chi connectivity index (χ4n) is 2.68. The van der Waals surface area contributed by atoms with Gasteiger partial charge in [0.15, 0.2) is 11.5 Å². The number of carbonyl (C=O) groups is 1. The molecule has 1 amide bonds. The highest BCUT2D eigenvalue weighted by Gasteiger charge is 2.08. The maximum absolute atomic E-state index is 12.4. The third-order valence-corrected chi connectivity index (χ3v) is 4.29. The van der Waals surface area contributed by atoms with E-state index in [-0.39, 0.29) is 5.91 Å². The lowest BCUT2D eigenvalue weighted by Gasteiger charge is -2.11. The normalized spacial score (nSPS) is 10.3. The largest absolute Gasteiger partial charge is 0.494 e. The van der Waals surface area contributed by atoms with Crippen molar-refractivity contribution in [2.45, 2.75) is 19.8 Å². The van der Waals surface area contributed by atoms with Gasteiger partial charge in [-0.2, -0.15) is 0 Å². The lowest BCUT2D eigenvalue weighted by Crippen LogP contribution is -2.11. The summed E-state index contributed by atoms with van der Waals surface area (Å²) >= 11 is 0. The van der Waals surface area contributed by atoms with E-state index in [1.807, 2.05) is 36.4 Å². The van der Waals surface area contributed by atoms with Crippen molar-refractivity contribution >= 4 is 11.6 Å². The van der Waals surface area contributed by atoms with Crippen LogP contribution in [0.5, 0.6) is 23.0 Å². The Morgan fingerprint density at radius 1 is 0.862 bits per heavy atom. The maximum Gasteiger partial charge on any atom is 0.255 e. The summed E-state index contributed by atoms with van der Waals surface area (Å²) in [5.41, 5.74) is 1.26. The Morgan fingerprint density at radius 3 is 2.17 bits per heavy atom. The number of carbonyl (C=O) groups excluding carboxylic acids is 1. The van der Waals surface area contributed by atoms with Gasteiger partial charge in [-0.05, 0) is 67.1 Å². The summed E-state index contributed by atoms with van der Waals surface area (Å²) in [4.78, 5) is 12.4. The number of nitrogens with one attached hydrogen (secondary N) is 1. The summed E-state index contributed by atoms with van der Waals surface area (Å²) in [5, 5.41) is 2.88. The zero-order valence-corrected chi connectivity index (χ0v) is 16.7. The van der Waals surface area contributed by atoms with Crippen LogP contribution in [0.4, 0.5) is 5.69 Å². The Labute approximate surface area is 171 Å². The number of hydrogen-bond acceptors (Lipinski definition) is 4. The highest BCUT2D eigenvalue weighted by atomic mass is 16.5. The van der Waals surface area contributed by atoms with Gasteiger partial charge in [0.2, 0.25) is 0 Å². The summed E-state index contributed by atoms with van der Waals surface area (Å²) in [7, 11) is 1.60. The van der Waals surface area contributed by atoms with Crippen LogP contribution in [0.2, 0.25) is 0 Å². The van der Waals surface area contributed by atoms with E-state index in [0.717, 1.165) is 18.6 Å². The van der Waals surface area contributed by atoms with E-state index in [1.165, 1.54) is 0 Å². The van der Waals surface area contributed by atoms with Crippen LogP contribution in [0.3, 0.4) is 0 Å². The molecule has 0 aliphatic heterocycles. The second-order valence-electron chi connectivity index (χ2n) is 6.46. The van der Waals surface area contributed by atoms with E-state index in [4.69, 9.17) is 14.2 Å². The maximum atomic E-state index is 12.4. The first-order chi connectivity index (χ1) is 14.2. The molecule has 0 aliphatic carbocycles. The van der Waals surface area contributed by atoms with E-state index in [2.05, 4.69) is 12.2 Å². The van der Waals surface area contributed by atoms with Crippen molar-refractivity contribution in [3.8, 4) is 23.0 Å². The van der Waals surface area contributed by atoms with Crippen LogP contribution in [-0.2, 0) is 0 Å². The second-order valence-corrected chi connectivity index (χ2v) is 6.46. The minimum atomic E-state index is -0.177. The van der Waals surface area contributed by atoms with Gasteiger partial charge in [-0.3, -0.25) is 4.79 Å². The van der Waals surface area contributed by atoms with Crippen molar-refractivity contribution in [1.82, 2.24) is 0 Å². The molecule has 3 aromatic carbocycles. The molecule has 0 atom stereocenters. The Bertz CT molecular complexity index is 920. The van der Waals surface area contributed by atoms with Crippen LogP contribution in [0.25, 0.3) is 0 Å². The van der Waals surface area contributed by atoms with Gasteiger partial charge in [-0.25, -0.2) is 0 Å². The Balaban J connectivity index is 1.58. The molecule has 3 aromatic rings. The summed E-state index contributed by atoms with van der Waals surface area (Å²) in [5.74, 6) is 2.54. The van der Waals surface area contributed by atoms with Crippen molar-refractivity contribution in [2.75, 3.05) is 19.0 Å². The molecule has 0 saturated carbocycles. The van der Waals surface area contributed by atoms with E-state index < -0.39 is 0 Å². The zero-order chi connectivity index (χ0) is 20.5. The van der Waals surface area contributed by atoms with Crippen molar-refractivity contribution in [1.29, 1.82) is 0 Å². The molecule has 0 spiro atoms. The first-order valence-electron chi connectivity index (χ1n) is 9.64. The Kier molecular flexibility index (Phi) is 7.11. The predicted octanol–water partition coefficient (Wildman–Crippen LogP) is 5.92. The van der Waals surface area contributed by atoms with Crippen LogP contribution in [0.15, 0.2) is 72.8 Å². The molecule has 1 N–H and O–H groups in total. The monoisotopic (exact) mass is 391 g/mol. The molecule has 29 heavy (non-hydrogen) atoms. The summed E-state index contributed by atoms with van der Waals surface area (Å²) in [6.07, 6.45) is 2.10. The SMILES string of the molecule is CCCCOc1ccc(C(=O)Nc2ccc(Oc3ccccc3OC)cc2)cc1. The Morgan fingerprint density at radius 2 is 1.52 bits per heavy atom. The summed E-state index contributed by atoms with van der Waals surface area (Å²) < 4.78 is 16.8. The van der Waals surface area contributed by atoms with Gasteiger partial charge in [0, 0.05) is 11.3 Å². The van der Waals surface area contributed by atoms with Gasteiger partial charge >= 0.3 is 0 Å². The number of anilines is 1. The lowest BCUT2D eigenvalue weighted by molar-refractivity contribution is 0.102. The van der Waals surface area contributed by atoms with Crippen LogP contribution in [0, 0.1) is 0 Å². The van der Waals surface area contributed by atoms with Crippen LogP contribution in [0.1, 0.15) is 30.1 Å². The van der Waals surface area contributed by atoms with Gasteiger partial charge in [-0.15, -0.1) is 0 Å². The molecule has 150 valence electrons. The molecule has 0 saturated heterocycles. The topological polar surface area (TPSA) is 56.8 Å². The fraction of sp³-hybridized carbons (Fsp3) is 0.208. The smallest absolute Gasteiger partial charge is 0.255 e. The third-order valence-electron chi connectivity index (χ3n) is 4.29. The first kappa shape index (κ1) is 20.3. The zero-order valence-electron chi connectivity index (χ0n) is 16.7. The van der Waals surface area contributed by atoms with E-state index in [9.17, 15) is 4.79 Å². The molecule has 3 rings (SSSR count). The van der Waals surface area contributed by atoms with Crippen LogP contribution >= 0.6 is 0 Å². The number of hydrogen-bond donors (Lipinski definition) is 1. The van der Waals surface area contributed by atoms with E-state index >= 15 is 0 Å². The lowest BCUT2D eigenvalue weighted by atomic mass is 10.2. The van der Waals surface area contributed by atoms with Crippen molar-refractivity contribution < 1.29 is 19.0 Å². The molecule has 0 fully saturated rings. The van der Waals surface area contributed by atoms with E-state index in [0.29, 0.717) is 35.1 Å². The van der Waals surface area contributed by atoms with Crippen LogP contribution < -0.4 is 19.5 Å². The second kappa shape index (κ2) is 10.2. The molecule has 0 aliphatic rings. The highest BCUT2D eigenvalue weighted by Crippen LogP contribution is 2.31. The standard InChI is InChI=1S/C24H25NO4/c1-3-4-17-28-20-13-9-18(10-14-20)24(26)25-19-11-15-21(16-12-19)29-23-8-6-5-7-22(23)27-2/h5-16H,3-4,17H2,1-2H3,(H,25,26). The number of ether oxygens (including phenoxy) is 3. The number of unbranched alkanes of at least 4 members (excludes halogenated alkanes) is 1. The summed E-state index contributed by atoms with van der Waals surface area (Å²) in [6.45, 7) is 2.80. The molecule has 0 bridgehead atoms. The first-order valence-corrected chi connectivity index (χ1v) is 9.64. The number of rotatable bonds is 9. The predicted molar refractivity (Wildman–Crippen MR) is 114 cm³/mol. The molecule has 0 radical (unpaired) electrons. The molecule has 5 nitrogen and oxygen atoms in total. The molecule has 0 unspecified atom stereocenters. The van der Waals surface area contributed by atoms with Gasteiger partial charge in [-0.1, -0.05) is 25.5 Å².